The molecule has 2 aromatic rings. The highest BCUT2D eigenvalue weighted by Gasteiger charge is 2.19. The number of nitrogens with zero attached hydrogens (tertiary/aromatic N) is 4. The third kappa shape index (κ3) is 2.16. The Bertz CT molecular complexity index is 529. The van der Waals surface area contributed by atoms with E-state index in [1.807, 2.05) is 27.0 Å². The van der Waals surface area contributed by atoms with E-state index in [-0.39, 0.29) is 6.04 Å². The number of aromatic nitrogens is 4. The van der Waals surface area contributed by atoms with Gasteiger partial charge < -0.3 is 5.73 Å². The van der Waals surface area contributed by atoms with Crippen molar-refractivity contribution in [1.29, 1.82) is 0 Å². The Kier molecular flexibility index (Phi) is 3.13. The van der Waals surface area contributed by atoms with Gasteiger partial charge in [0.1, 0.15) is 0 Å². The van der Waals surface area contributed by atoms with Crippen LogP contribution in [0.2, 0.25) is 5.02 Å². The number of hydrogen-bond acceptors (Lipinski definition) is 4. The second kappa shape index (κ2) is 4.43. The summed E-state index contributed by atoms with van der Waals surface area (Å²) in [5.41, 5.74) is 9.56. The minimum Gasteiger partial charge on any atom is -0.319 e. The average Bonchev–Trinajstić information content (AvgIpc) is 2.61. The molecule has 0 aliphatic carbocycles. The maximum absolute atomic E-state index is 6.22. The van der Waals surface area contributed by atoms with Crippen LogP contribution in [0.4, 0.5) is 0 Å². The molecule has 0 aliphatic rings. The molecular weight excluding hydrogens is 238 g/mol. The molecule has 2 aromatic heterocycles. The van der Waals surface area contributed by atoms with Crippen molar-refractivity contribution in [3.63, 3.8) is 0 Å². The smallest absolute Gasteiger partial charge is 0.0837 e. The van der Waals surface area contributed by atoms with Crippen LogP contribution in [-0.2, 0) is 7.05 Å². The van der Waals surface area contributed by atoms with Gasteiger partial charge in [-0.25, -0.2) is 0 Å². The van der Waals surface area contributed by atoms with Crippen LogP contribution in [0.3, 0.4) is 0 Å². The van der Waals surface area contributed by atoms with Crippen LogP contribution in [0, 0.1) is 13.8 Å². The predicted octanol–water partition coefficient (Wildman–Crippen LogP) is 1.53. The van der Waals surface area contributed by atoms with Gasteiger partial charge in [0.05, 0.1) is 34.3 Å². The van der Waals surface area contributed by atoms with Crippen LogP contribution in [0.15, 0.2) is 12.3 Å². The first-order valence-electron chi connectivity index (χ1n) is 5.24. The number of aryl methyl sites for hydroxylation is 3. The molecule has 2 heterocycles. The lowest BCUT2D eigenvalue weighted by atomic mass is 10.0. The fourth-order valence-electron chi connectivity index (χ4n) is 1.80. The lowest BCUT2D eigenvalue weighted by molar-refractivity contribution is 0.666. The van der Waals surface area contributed by atoms with Gasteiger partial charge in [-0.1, -0.05) is 11.6 Å². The summed E-state index contributed by atoms with van der Waals surface area (Å²) in [6.07, 6.45) is 1.59. The van der Waals surface area contributed by atoms with Crippen molar-refractivity contribution in [1.82, 2.24) is 20.0 Å². The largest absolute Gasteiger partial charge is 0.319 e. The molecule has 0 saturated heterocycles. The third-order valence-corrected chi connectivity index (χ3v) is 3.00. The van der Waals surface area contributed by atoms with Gasteiger partial charge in [-0.3, -0.25) is 4.68 Å². The summed E-state index contributed by atoms with van der Waals surface area (Å²) in [6.45, 7) is 3.76. The van der Waals surface area contributed by atoms with Crippen molar-refractivity contribution in [3.8, 4) is 0 Å². The first-order valence-corrected chi connectivity index (χ1v) is 5.62. The zero-order valence-corrected chi connectivity index (χ0v) is 10.7. The highest BCUT2D eigenvalue weighted by Crippen LogP contribution is 2.26. The molecule has 0 fully saturated rings. The highest BCUT2D eigenvalue weighted by molar-refractivity contribution is 6.31. The molecule has 0 spiro atoms. The molecule has 0 amide bonds. The molecule has 90 valence electrons. The molecule has 5 nitrogen and oxygen atoms in total. The van der Waals surface area contributed by atoms with Crippen molar-refractivity contribution in [2.75, 3.05) is 0 Å². The number of nitrogens with two attached hydrogens (primary N) is 1. The Hall–Kier alpha value is -1.46. The number of halogens is 1. The van der Waals surface area contributed by atoms with Crippen molar-refractivity contribution in [3.05, 3.63) is 39.9 Å². The van der Waals surface area contributed by atoms with Gasteiger partial charge >= 0.3 is 0 Å². The lowest BCUT2D eigenvalue weighted by Crippen LogP contribution is -2.18. The molecule has 0 bridgehead atoms. The van der Waals surface area contributed by atoms with Gasteiger partial charge in [-0.15, -0.1) is 0 Å². The Morgan fingerprint density at radius 1 is 1.35 bits per heavy atom. The van der Waals surface area contributed by atoms with E-state index < -0.39 is 0 Å². The Morgan fingerprint density at radius 2 is 2.06 bits per heavy atom. The van der Waals surface area contributed by atoms with Crippen molar-refractivity contribution >= 4 is 11.6 Å². The summed E-state index contributed by atoms with van der Waals surface area (Å²) in [5, 5.41) is 12.7. The second-order valence-corrected chi connectivity index (χ2v) is 4.41. The fourth-order valence-corrected chi connectivity index (χ4v) is 2.09. The maximum Gasteiger partial charge on any atom is 0.0837 e. The molecular formula is C11H14ClN5. The quantitative estimate of drug-likeness (QED) is 0.879. The van der Waals surface area contributed by atoms with E-state index in [0.717, 1.165) is 22.6 Å². The average molecular weight is 252 g/mol. The molecule has 0 radical (unpaired) electrons. The summed E-state index contributed by atoms with van der Waals surface area (Å²) in [7, 11) is 1.82. The standard InChI is InChI=1S/C11H14ClN5/c1-6-4-8(7(2)16-15-6)10(13)11-9(12)5-14-17(11)3/h4-5,10H,13H2,1-3H3. The first-order chi connectivity index (χ1) is 8.00. The van der Waals surface area contributed by atoms with Crippen LogP contribution in [0.5, 0.6) is 0 Å². The van der Waals surface area contributed by atoms with Crippen LogP contribution in [0.25, 0.3) is 0 Å². The molecule has 17 heavy (non-hydrogen) atoms. The Balaban J connectivity index is 2.50. The zero-order chi connectivity index (χ0) is 12.6. The second-order valence-electron chi connectivity index (χ2n) is 4.01. The third-order valence-electron chi connectivity index (χ3n) is 2.71. The topological polar surface area (TPSA) is 69.6 Å². The minimum absolute atomic E-state index is 0.343. The van der Waals surface area contributed by atoms with E-state index in [2.05, 4.69) is 15.3 Å². The molecule has 1 unspecified atom stereocenters. The summed E-state index contributed by atoms with van der Waals surface area (Å²) in [4.78, 5) is 0. The first kappa shape index (κ1) is 12.0. The molecule has 1 atom stereocenters. The molecule has 2 N–H and O–H groups in total. The fraction of sp³-hybridized carbons (Fsp3) is 0.364. The minimum atomic E-state index is -0.343. The highest BCUT2D eigenvalue weighted by atomic mass is 35.5. The summed E-state index contributed by atoms with van der Waals surface area (Å²) in [5.74, 6) is 0. The Labute approximate surface area is 105 Å². The summed E-state index contributed by atoms with van der Waals surface area (Å²) in [6, 6.07) is 1.58. The van der Waals surface area contributed by atoms with Crippen molar-refractivity contribution in [2.24, 2.45) is 12.8 Å². The van der Waals surface area contributed by atoms with E-state index >= 15 is 0 Å². The normalized spacial score (nSPS) is 12.8. The van der Waals surface area contributed by atoms with E-state index in [9.17, 15) is 0 Å². The van der Waals surface area contributed by atoms with Crippen LogP contribution in [0.1, 0.15) is 28.7 Å². The van der Waals surface area contributed by atoms with Gasteiger partial charge in [-0.05, 0) is 25.5 Å². The summed E-state index contributed by atoms with van der Waals surface area (Å²) < 4.78 is 1.68. The van der Waals surface area contributed by atoms with E-state index in [1.54, 1.807) is 10.9 Å². The molecule has 2 rings (SSSR count). The van der Waals surface area contributed by atoms with Gasteiger partial charge in [-0.2, -0.15) is 15.3 Å². The van der Waals surface area contributed by atoms with Gasteiger partial charge in [0.25, 0.3) is 0 Å². The van der Waals surface area contributed by atoms with Crippen molar-refractivity contribution < 1.29 is 0 Å². The summed E-state index contributed by atoms with van der Waals surface area (Å²) >= 11 is 6.08. The predicted molar refractivity (Wildman–Crippen MR) is 65.8 cm³/mol. The molecule has 0 saturated carbocycles. The van der Waals surface area contributed by atoms with E-state index in [4.69, 9.17) is 17.3 Å². The van der Waals surface area contributed by atoms with Crippen LogP contribution in [-0.4, -0.2) is 20.0 Å². The van der Waals surface area contributed by atoms with Gasteiger partial charge in [0.2, 0.25) is 0 Å². The molecule has 0 aliphatic heterocycles. The van der Waals surface area contributed by atoms with Gasteiger partial charge in [0.15, 0.2) is 0 Å². The zero-order valence-electron chi connectivity index (χ0n) is 9.98. The van der Waals surface area contributed by atoms with Crippen LogP contribution < -0.4 is 5.73 Å². The molecule has 0 aromatic carbocycles. The van der Waals surface area contributed by atoms with Crippen molar-refractivity contribution in [2.45, 2.75) is 19.9 Å². The SMILES string of the molecule is Cc1cc(C(N)c2c(Cl)cnn2C)c(C)nn1. The monoisotopic (exact) mass is 251 g/mol. The number of hydrogen-bond donors (Lipinski definition) is 1. The molecule has 6 heteroatoms. The Morgan fingerprint density at radius 3 is 2.65 bits per heavy atom. The van der Waals surface area contributed by atoms with E-state index in [0.29, 0.717) is 5.02 Å². The lowest BCUT2D eigenvalue weighted by Gasteiger charge is -2.15. The van der Waals surface area contributed by atoms with Crippen LogP contribution >= 0.6 is 11.6 Å². The maximum atomic E-state index is 6.22. The van der Waals surface area contributed by atoms with Gasteiger partial charge in [0, 0.05) is 7.05 Å². The van der Waals surface area contributed by atoms with E-state index in [1.165, 1.54) is 0 Å². The number of rotatable bonds is 2.